The first-order valence-corrected chi connectivity index (χ1v) is 5.58. The maximum absolute atomic E-state index is 11.8. The molecule has 16 heavy (non-hydrogen) atoms. The lowest BCUT2D eigenvalue weighted by Gasteiger charge is -2.10. The van der Waals surface area contributed by atoms with Crippen molar-refractivity contribution in [1.29, 1.82) is 0 Å². The van der Waals surface area contributed by atoms with Crippen molar-refractivity contribution in [2.24, 2.45) is 0 Å². The molecule has 0 unspecified atom stereocenters. The van der Waals surface area contributed by atoms with E-state index in [1.54, 1.807) is 0 Å². The van der Waals surface area contributed by atoms with Gasteiger partial charge in [-0.1, -0.05) is 5.16 Å². The smallest absolute Gasteiger partial charge is 0.224 e. The van der Waals surface area contributed by atoms with Crippen molar-refractivity contribution in [3.8, 4) is 0 Å². The number of aromatic nitrogens is 1. The molecule has 2 N–H and O–H groups in total. The van der Waals surface area contributed by atoms with Crippen LogP contribution in [0.1, 0.15) is 23.4 Å². The standard InChI is InChI=1S/C11H17N3O2/c1-7-10(8(2)16-14-7)5-11(15)13-9-3-4-12-6-9/h9,12H,3-6H2,1-2H3,(H,13,15)/t9-/m1/s1. The summed E-state index contributed by atoms with van der Waals surface area (Å²) in [4.78, 5) is 11.8. The number of rotatable bonds is 3. The third-order valence-corrected chi connectivity index (χ3v) is 2.94. The number of carbonyl (C=O) groups is 1. The minimum atomic E-state index is 0.0445. The molecule has 0 aromatic carbocycles. The van der Waals surface area contributed by atoms with Gasteiger partial charge in [0, 0.05) is 18.2 Å². The molecule has 5 heteroatoms. The number of nitrogens with one attached hydrogen (secondary N) is 2. The van der Waals surface area contributed by atoms with Crippen molar-refractivity contribution in [3.63, 3.8) is 0 Å². The highest BCUT2D eigenvalue weighted by atomic mass is 16.5. The maximum atomic E-state index is 11.8. The Labute approximate surface area is 94.6 Å². The van der Waals surface area contributed by atoms with E-state index >= 15 is 0 Å². The van der Waals surface area contributed by atoms with Crippen LogP contribution in [-0.2, 0) is 11.2 Å². The second-order valence-electron chi connectivity index (χ2n) is 4.24. The fourth-order valence-electron chi connectivity index (χ4n) is 1.97. The maximum Gasteiger partial charge on any atom is 0.224 e. The zero-order valence-electron chi connectivity index (χ0n) is 9.67. The van der Waals surface area contributed by atoms with Gasteiger partial charge < -0.3 is 15.2 Å². The van der Waals surface area contributed by atoms with Gasteiger partial charge >= 0.3 is 0 Å². The van der Waals surface area contributed by atoms with Crippen molar-refractivity contribution in [2.45, 2.75) is 32.7 Å². The molecule has 2 heterocycles. The molecule has 1 aliphatic rings. The van der Waals surface area contributed by atoms with Crippen LogP contribution in [0.3, 0.4) is 0 Å². The fraction of sp³-hybridized carbons (Fsp3) is 0.636. The monoisotopic (exact) mass is 223 g/mol. The second-order valence-corrected chi connectivity index (χ2v) is 4.24. The van der Waals surface area contributed by atoms with Gasteiger partial charge in [0.1, 0.15) is 5.76 Å². The zero-order chi connectivity index (χ0) is 11.5. The Balaban J connectivity index is 1.91. The summed E-state index contributed by atoms with van der Waals surface area (Å²) in [6.45, 7) is 5.54. The minimum absolute atomic E-state index is 0.0445. The first-order chi connectivity index (χ1) is 7.66. The van der Waals surface area contributed by atoms with E-state index in [1.807, 2.05) is 13.8 Å². The van der Waals surface area contributed by atoms with E-state index in [0.29, 0.717) is 6.42 Å². The summed E-state index contributed by atoms with van der Waals surface area (Å²) < 4.78 is 5.02. The molecule has 5 nitrogen and oxygen atoms in total. The SMILES string of the molecule is Cc1noc(C)c1CC(=O)N[C@@H]1CCNC1. The Morgan fingerprint density at radius 3 is 3.00 bits per heavy atom. The van der Waals surface area contributed by atoms with Crippen molar-refractivity contribution >= 4 is 5.91 Å². The highest BCUT2D eigenvalue weighted by Gasteiger charge is 2.19. The Kier molecular flexibility index (Phi) is 3.24. The van der Waals surface area contributed by atoms with Crippen LogP contribution in [0.15, 0.2) is 4.52 Å². The summed E-state index contributed by atoms with van der Waals surface area (Å²) >= 11 is 0. The number of aryl methyl sites for hydroxylation is 2. The van der Waals surface area contributed by atoms with Gasteiger partial charge in [-0.2, -0.15) is 0 Å². The molecule has 1 amide bonds. The average Bonchev–Trinajstić information content (AvgIpc) is 2.83. The van der Waals surface area contributed by atoms with E-state index in [0.717, 1.165) is 36.5 Å². The molecule has 1 fully saturated rings. The quantitative estimate of drug-likeness (QED) is 0.774. The van der Waals surface area contributed by atoms with Gasteiger partial charge in [-0.05, 0) is 26.8 Å². The third-order valence-electron chi connectivity index (χ3n) is 2.94. The summed E-state index contributed by atoms with van der Waals surface area (Å²) in [5.74, 6) is 0.778. The number of hydrogen-bond acceptors (Lipinski definition) is 4. The molecule has 0 spiro atoms. The molecule has 1 aromatic heterocycles. The molecular weight excluding hydrogens is 206 g/mol. The van der Waals surface area contributed by atoms with Crippen LogP contribution in [0.4, 0.5) is 0 Å². The summed E-state index contributed by atoms with van der Waals surface area (Å²) in [7, 11) is 0. The number of carbonyl (C=O) groups excluding carboxylic acids is 1. The fourth-order valence-corrected chi connectivity index (χ4v) is 1.97. The van der Waals surface area contributed by atoms with Crippen molar-refractivity contribution < 1.29 is 9.32 Å². The molecular formula is C11H17N3O2. The van der Waals surface area contributed by atoms with E-state index in [2.05, 4.69) is 15.8 Å². The molecule has 0 saturated carbocycles. The predicted molar refractivity (Wildman–Crippen MR) is 59.1 cm³/mol. The molecule has 1 aromatic rings. The summed E-state index contributed by atoms with van der Waals surface area (Å²) in [6, 6.07) is 0.271. The first-order valence-electron chi connectivity index (χ1n) is 5.58. The summed E-state index contributed by atoms with van der Waals surface area (Å²) in [6.07, 6.45) is 1.37. The average molecular weight is 223 g/mol. The largest absolute Gasteiger partial charge is 0.361 e. The summed E-state index contributed by atoms with van der Waals surface area (Å²) in [5, 5.41) is 10.0. The number of amides is 1. The molecule has 0 bridgehead atoms. The van der Waals surface area contributed by atoms with E-state index < -0.39 is 0 Å². The van der Waals surface area contributed by atoms with Crippen molar-refractivity contribution in [2.75, 3.05) is 13.1 Å². The Bertz CT molecular complexity index is 361. The van der Waals surface area contributed by atoms with Crippen LogP contribution < -0.4 is 10.6 Å². The zero-order valence-corrected chi connectivity index (χ0v) is 9.67. The van der Waals surface area contributed by atoms with Gasteiger partial charge in [-0.15, -0.1) is 0 Å². The molecule has 1 aliphatic heterocycles. The van der Waals surface area contributed by atoms with Gasteiger partial charge in [0.25, 0.3) is 0 Å². The molecule has 88 valence electrons. The highest BCUT2D eigenvalue weighted by Crippen LogP contribution is 2.12. The minimum Gasteiger partial charge on any atom is -0.361 e. The topological polar surface area (TPSA) is 67.2 Å². The van der Waals surface area contributed by atoms with Crippen molar-refractivity contribution in [3.05, 3.63) is 17.0 Å². The van der Waals surface area contributed by atoms with Crippen LogP contribution in [-0.4, -0.2) is 30.2 Å². The molecule has 2 rings (SSSR count). The van der Waals surface area contributed by atoms with Crippen LogP contribution >= 0.6 is 0 Å². The molecule has 0 aliphatic carbocycles. The lowest BCUT2D eigenvalue weighted by atomic mass is 10.1. The lowest BCUT2D eigenvalue weighted by molar-refractivity contribution is -0.121. The Morgan fingerprint density at radius 1 is 1.62 bits per heavy atom. The van der Waals surface area contributed by atoms with E-state index in [1.165, 1.54) is 0 Å². The number of nitrogens with zero attached hydrogens (tertiary/aromatic N) is 1. The van der Waals surface area contributed by atoms with Gasteiger partial charge in [-0.3, -0.25) is 4.79 Å². The summed E-state index contributed by atoms with van der Waals surface area (Å²) in [5.41, 5.74) is 1.71. The van der Waals surface area contributed by atoms with E-state index in [-0.39, 0.29) is 11.9 Å². The van der Waals surface area contributed by atoms with E-state index in [9.17, 15) is 4.79 Å². The first kappa shape index (κ1) is 11.1. The molecule has 0 radical (unpaired) electrons. The predicted octanol–water partition coefficient (Wildman–Crippen LogP) is 0.312. The van der Waals surface area contributed by atoms with Gasteiger partial charge in [0.15, 0.2) is 0 Å². The van der Waals surface area contributed by atoms with E-state index in [4.69, 9.17) is 4.52 Å². The highest BCUT2D eigenvalue weighted by molar-refractivity contribution is 5.79. The Hall–Kier alpha value is -1.36. The van der Waals surface area contributed by atoms with Gasteiger partial charge in [-0.25, -0.2) is 0 Å². The normalized spacial score (nSPS) is 20.0. The number of hydrogen-bond donors (Lipinski definition) is 2. The molecule has 1 atom stereocenters. The van der Waals surface area contributed by atoms with Crippen LogP contribution in [0.2, 0.25) is 0 Å². The van der Waals surface area contributed by atoms with Crippen LogP contribution in [0.25, 0.3) is 0 Å². The van der Waals surface area contributed by atoms with Gasteiger partial charge in [0.05, 0.1) is 12.1 Å². The Morgan fingerprint density at radius 2 is 2.44 bits per heavy atom. The third kappa shape index (κ3) is 2.41. The van der Waals surface area contributed by atoms with Crippen LogP contribution in [0, 0.1) is 13.8 Å². The second kappa shape index (κ2) is 4.65. The van der Waals surface area contributed by atoms with Crippen molar-refractivity contribution in [1.82, 2.24) is 15.8 Å². The van der Waals surface area contributed by atoms with Gasteiger partial charge in [0.2, 0.25) is 5.91 Å². The lowest BCUT2D eigenvalue weighted by Crippen LogP contribution is -2.37. The molecule has 1 saturated heterocycles. The van der Waals surface area contributed by atoms with Crippen LogP contribution in [0.5, 0.6) is 0 Å².